The van der Waals surface area contributed by atoms with Crippen LogP contribution in [0.4, 0.5) is 11.4 Å². The number of aromatic hydroxyl groups is 1. The van der Waals surface area contributed by atoms with Crippen LogP contribution in [0.25, 0.3) is 6.08 Å². The standard InChI is InChI=1S/C16H11IN3O5/c17-10-2-4-11(5-3-10)19-16(23)12(15(22)18-19)7-9-1-6-14(21)13(8-9)20(24)25/h1-8,20-21H,(H,18,22)/q-1/b12-7-. The molecule has 0 bridgehead atoms. The number of rotatable bonds is 3. The van der Waals surface area contributed by atoms with Crippen molar-refractivity contribution in [1.82, 2.24) is 5.43 Å². The Morgan fingerprint density at radius 1 is 1.12 bits per heavy atom. The highest BCUT2D eigenvalue weighted by Gasteiger charge is 2.34. The van der Waals surface area contributed by atoms with Crippen LogP contribution < -0.4 is 15.7 Å². The molecule has 8 nitrogen and oxygen atoms in total. The first kappa shape index (κ1) is 17.4. The first-order chi connectivity index (χ1) is 11.9. The Hall–Kier alpha value is -2.47. The zero-order valence-electron chi connectivity index (χ0n) is 12.5. The van der Waals surface area contributed by atoms with Gasteiger partial charge < -0.3 is 20.7 Å². The highest BCUT2D eigenvalue weighted by atomic mass is 127. The molecule has 25 heavy (non-hydrogen) atoms. The Morgan fingerprint density at radius 2 is 1.80 bits per heavy atom. The van der Waals surface area contributed by atoms with Crippen molar-refractivity contribution in [3.05, 3.63) is 67.6 Å². The Bertz CT molecular complexity index is 880. The lowest BCUT2D eigenvalue weighted by molar-refractivity contribution is -0.715. The van der Waals surface area contributed by atoms with Crippen LogP contribution in [0.3, 0.4) is 0 Å². The third-order valence-corrected chi connectivity index (χ3v) is 4.25. The van der Waals surface area contributed by atoms with Gasteiger partial charge in [-0.3, -0.25) is 15.0 Å². The van der Waals surface area contributed by atoms with E-state index in [9.17, 15) is 25.1 Å². The van der Waals surface area contributed by atoms with Crippen molar-refractivity contribution >= 4 is 51.9 Å². The monoisotopic (exact) mass is 452 g/mol. The molecule has 0 radical (unpaired) electrons. The first-order valence-electron chi connectivity index (χ1n) is 7.04. The second-order valence-corrected chi connectivity index (χ2v) is 6.43. The van der Waals surface area contributed by atoms with Crippen LogP contribution in [0.1, 0.15) is 5.56 Å². The van der Waals surface area contributed by atoms with E-state index < -0.39 is 28.5 Å². The number of carbonyl (C=O) groups is 2. The summed E-state index contributed by atoms with van der Waals surface area (Å²) in [5.74, 6) is -1.62. The molecular formula is C16H11IN3O5-. The fourth-order valence-electron chi connectivity index (χ4n) is 2.30. The molecule has 0 atom stereocenters. The van der Waals surface area contributed by atoms with Gasteiger partial charge in [-0.15, -0.1) is 0 Å². The van der Waals surface area contributed by atoms with Crippen LogP contribution in [-0.4, -0.2) is 16.9 Å². The van der Waals surface area contributed by atoms with Crippen molar-refractivity contribution in [2.75, 3.05) is 5.01 Å². The maximum Gasteiger partial charge on any atom is 0.282 e. The Balaban J connectivity index is 1.94. The van der Waals surface area contributed by atoms with Crippen molar-refractivity contribution in [3.8, 4) is 5.75 Å². The molecule has 0 aliphatic carbocycles. The summed E-state index contributed by atoms with van der Waals surface area (Å²) in [6, 6.07) is 10.7. The predicted octanol–water partition coefficient (Wildman–Crippen LogP) is 0.970. The van der Waals surface area contributed by atoms with Gasteiger partial charge >= 0.3 is 0 Å². The third kappa shape index (κ3) is 3.49. The second-order valence-electron chi connectivity index (χ2n) is 5.18. The Labute approximate surface area is 155 Å². The minimum atomic E-state index is -1.56. The van der Waals surface area contributed by atoms with Crippen LogP contribution in [-0.2, 0) is 9.59 Å². The van der Waals surface area contributed by atoms with E-state index in [2.05, 4.69) is 28.0 Å². The normalized spacial score (nSPS) is 16.0. The second kappa shape index (κ2) is 6.80. The summed E-state index contributed by atoms with van der Waals surface area (Å²) in [5.41, 5.74) is 2.67. The van der Waals surface area contributed by atoms with Crippen LogP contribution >= 0.6 is 22.6 Å². The minimum absolute atomic E-state index is 0.145. The van der Waals surface area contributed by atoms with E-state index in [4.69, 9.17) is 0 Å². The average Bonchev–Trinajstić information content (AvgIpc) is 2.85. The molecule has 0 aromatic heterocycles. The van der Waals surface area contributed by atoms with E-state index in [1.54, 1.807) is 24.3 Å². The van der Waals surface area contributed by atoms with Gasteiger partial charge in [-0.25, -0.2) is 5.01 Å². The van der Waals surface area contributed by atoms with Gasteiger partial charge in [0.25, 0.3) is 11.8 Å². The van der Waals surface area contributed by atoms with E-state index in [0.717, 1.165) is 20.7 Å². The summed E-state index contributed by atoms with van der Waals surface area (Å²) in [6.45, 7) is 0. The van der Waals surface area contributed by atoms with E-state index in [0.29, 0.717) is 5.69 Å². The average molecular weight is 452 g/mol. The molecule has 128 valence electrons. The summed E-state index contributed by atoms with van der Waals surface area (Å²) in [6.07, 6.45) is 1.26. The fourth-order valence-corrected chi connectivity index (χ4v) is 2.66. The number of phenols is 1. The van der Waals surface area contributed by atoms with Gasteiger partial charge in [0.2, 0.25) is 0 Å². The van der Waals surface area contributed by atoms with Crippen LogP contribution in [0.2, 0.25) is 0 Å². The predicted molar refractivity (Wildman–Crippen MR) is 98.2 cm³/mol. The molecule has 9 heteroatoms. The molecule has 2 amide bonds. The molecule has 3 rings (SSSR count). The third-order valence-electron chi connectivity index (χ3n) is 3.53. The number of hydrogen-bond acceptors (Lipinski definition) is 5. The summed E-state index contributed by atoms with van der Waals surface area (Å²) in [5, 5.41) is 31.0. The highest BCUT2D eigenvalue weighted by molar-refractivity contribution is 14.1. The summed E-state index contributed by atoms with van der Waals surface area (Å²) < 4.78 is 0.981. The van der Waals surface area contributed by atoms with Crippen molar-refractivity contribution in [3.63, 3.8) is 0 Å². The molecule has 0 spiro atoms. The number of phenolic OH excluding ortho intramolecular Hbond substituents is 1. The van der Waals surface area contributed by atoms with Crippen molar-refractivity contribution in [1.29, 1.82) is 0 Å². The molecule has 1 aliphatic rings. The summed E-state index contributed by atoms with van der Waals surface area (Å²) in [7, 11) is 0. The van der Waals surface area contributed by atoms with Crippen molar-refractivity contribution in [2.45, 2.75) is 0 Å². The largest absolute Gasteiger partial charge is 0.628 e. The summed E-state index contributed by atoms with van der Waals surface area (Å²) in [4.78, 5) is 24.6. The van der Waals surface area contributed by atoms with Crippen LogP contribution in [0.15, 0.2) is 48.0 Å². The van der Waals surface area contributed by atoms with Gasteiger partial charge in [0.15, 0.2) is 11.4 Å². The number of hydrogen-bond donors (Lipinski definition) is 3. The molecule has 1 saturated heterocycles. The molecule has 2 aromatic rings. The molecule has 2 aromatic carbocycles. The number of halogens is 1. The smallest absolute Gasteiger partial charge is 0.282 e. The number of quaternary nitrogens is 1. The fraction of sp³-hybridized carbons (Fsp3) is 0. The van der Waals surface area contributed by atoms with E-state index in [1.165, 1.54) is 12.1 Å². The summed E-state index contributed by atoms with van der Waals surface area (Å²) >= 11 is 2.12. The van der Waals surface area contributed by atoms with Gasteiger partial charge in [-0.1, -0.05) is 6.07 Å². The molecule has 0 unspecified atom stereocenters. The topological polar surface area (TPSA) is 120 Å². The first-order valence-corrected chi connectivity index (χ1v) is 8.12. The number of nitrogens with one attached hydrogen (secondary N) is 2. The van der Waals surface area contributed by atoms with Gasteiger partial charge in [-0.2, -0.15) is 0 Å². The number of carbonyl (C=O) groups excluding carboxylic acids is 2. The molecule has 3 N–H and O–H groups in total. The maximum absolute atomic E-state index is 12.5. The number of amides is 2. The quantitative estimate of drug-likeness (QED) is 0.211. The van der Waals surface area contributed by atoms with E-state index in [1.807, 2.05) is 0 Å². The maximum atomic E-state index is 12.5. The Morgan fingerprint density at radius 3 is 2.44 bits per heavy atom. The van der Waals surface area contributed by atoms with Crippen LogP contribution in [0, 0.1) is 14.0 Å². The van der Waals surface area contributed by atoms with Crippen molar-refractivity contribution in [2.24, 2.45) is 0 Å². The lowest BCUT2D eigenvalue weighted by Crippen LogP contribution is -2.96. The zero-order chi connectivity index (χ0) is 18.1. The number of nitrogens with zero attached hydrogens (tertiary/aromatic N) is 1. The van der Waals surface area contributed by atoms with E-state index >= 15 is 0 Å². The van der Waals surface area contributed by atoms with Gasteiger partial charge in [0.05, 0.1) is 5.69 Å². The van der Waals surface area contributed by atoms with Crippen LogP contribution in [0.5, 0.6) is 5.75 Å². The van der Waals surface area contributed by atoms with Gasteiger partial charge in [-0.05, 0) is 64.6 Å². The van der Waals surface area contributed by atoms with Crippen molar-refractivity contribution < 1.29 is 19.9 Å². The minimum Gasteiger partial charge on any atom is -0.628 e. The highest BCUT2D eigenvalue weighted by Crippen LogP contribution is 2.25. The van der Waals surface area contributed by atoms with Gasteiger partial charge in [0, 0.05) is 9.64 Å². The molecule has 1 heterocycles. The lowest BCUT2D eigenvalue weighted by Gasteiger charge is -2.25. The number of hydrazine groups is 1. The number of benzene rings is 2. The lowest BCUT2D eigenvalue weighted by atomic mass is 10.1. The SMILES string of the molecule is O=C1NN(c2ccc(I)cc2)C(=O)/C1=C\c1ccc(O)c([NH+]([O-])[O-])c1. The van der Waals surface area contributed by atoms with E-state index in [-0.39, 0.29) is 11.1 Å². The van der Waals surface area contributed by atoms with Gasteiger partial charge in [0.1, 0.15) is 5.57 Å². The molecule has 0 saturated carbocycles. The molecular weight excluding hydrogens is 441 g/mol. The zero-order valence-corrected chi connectivity index (χ0v) is 14.7. The number of anilines is 1. The molecule has 1 fully saturated rings. The molecule has 1 aliphatic heterocycles. The Kier molecular flexibility index (Phi) is 4.72.